The van der Waals surface area contributed by atoms with Gasteiger partial charge in [0.25, 0.3) is 5.91 Å². The Morgan fingerprint density at radius 2 is 1.78 bits per heavy atom. The number of nitrogens with one attached hydrogen (secondary N) is 2. The van der Waals surface area contributed by atoms with Gasteiger partial charge in [0.15, 0.2) is 0 Å². The van der Waals surface area contributed by atoms with Gasteiger partial charge in [0.05, 0.1) is 5.69 Å². The second kappa shape index (κ2) is 10.3. The Morgan fingerprint density at radius 1 is 1.03 bits per heavy atom. The lowest BCUT2D eigenvalue weighted by atomic mass is 10.1. The van der Waals surface area contributed by atoms with Gasteiger partial charge in [-0.3, -0.25) is 19.8 Å². The molecule has 32 heavy (non-hydrogen) atoms. The molecule has 0 unspecified atom stereocenters. The van der Waals surface area contributed by atoms with Crippen molar-refractivity contribution in [3.8, 4) is 0 Å². The molecule has 2 N–H and O–H groups in total. The van der Waals surface area contributed by atoms with Crippen molar-refractivity contribution >= 4 is 17.6 Å². The molecule has 0 aliphatic rings. The van der Waals surface area contributed by atoms with E-state index in [1.165, 1.54) is 11.3 Å². The fourth-order valence-electron chi connectivity index (χ4n) is 3.79. The van der Waals surface area contributed by atoms with Gasteiger partial charge in [-0.15, -0.1) is 0 Å². The number of aromatic nitrogens is 2. The van der Waals surface area contributed by atoms with Crippen molar-refractivity contribution in [3.63, 3.8) is 0 Å². The summed E-state index contributed by atoms with van der Waals surface area (Å²) in [7, 11) is 0. The van der Waals surface area contributed by atoms with E-state index in [0.717, 1.165) is 41.0 Å². The number of hydrogen-bond acceptors (Lipinski definition) is 3. The predicted octanol–water partition coefficient (Wildman–Crippen LogP) is 4.89. The van der Waals surface area contributed by atoms with Crippen molar-refractivity contribution in [1.82, 2.24) is 15.1 Å². The van der Waals surface area contributed by atoms with Crippen molar-refractivity contribution in [2.24, 2.45) is 4.99 Å². The summed E-state index contributed by atoms with van der Waals surface area (Å²) in [5, 5.41) is 10.9. The molecule has 0 atom stereocenters. The number of hydrogen-bond donors (Lipinski definition) is 2. The summed E-state index contributed by atoms with van der Waals surface area (Å²) in [6.07, 6.45) is 0.760. The molecule has 0 saturated carbocycles. The minimum atomic E-state index is -0.175. The van der Waals surface area contributed by atoms with Gasteiger partial charge < -0.3 is 5.32 Å². The van der Waals surface area contributed by atoms with E-state index in [0.29, 0.717) is 18.1 Å². The first kappa shape index (κ1) is 23.3. The number of carbonyl (C=O) groups excluding carboxylic acids is 1. The maximum Gasteiger partial charge on any atom is 0.258 e. The highest BCUT2D eigenvalue weighted by atomic mass is 16.1. The summed E-state index contributed by atoms with van der Waals surface area (Å²) >= 11 is 0. The van der Waals surface area contributed by atoms with Crippen LogP contribution < -0.4 is 10.6 Å². The summed E-state index contributed by atoms with van der Waals surface area (Å²) in [5.74, 6) is 0.274. The zero-order valence-corrected chi connectivity index (χ0v) is 19.9. The minimum Gasteiger partial charge on any atom is -0.326 e. The molecular formula is C26H33N5O. The summed E-state index contributed by atoms with van der Waals surface area (Å²) in [4.78, 5) is 17.7. The molecule has 3 rings (SSSR count). The third-order valence-corrected chi connectivity index (χ3v) is 5.73. The largest absolute Gasteiger partial charge is 0.326 e. The van der Waals surface area contributed by atoms with Gasteiger partial charge in [-0.05, 0) is 82.3 Å². The van der Waals surface area contributed by atoms with E-state index in [2.05, 4.69) is 47.8 Å². The van der Waals surface area contributed by atoms with E-state index in [1.807, 2.05) is 56.6 Å². The van der Waals surface area contributed by atoms with E-state index >= 15 is 0 Å². The monoisotopic (exact) mass is 431 g/mol. The average molecular weight is 432 g/mol. The zero-order valence-electron chi connectivity index (χ0n) is 19.9. The summed E-state index contributed by atoms with van der Waals surface area (Å²) in [5.41, 5.74) is 8.14. The molecule has 0 aliphatic heterocycles. The van der Waals surface area contributed by atoms with Crippen LogP contribution in [0.25, 0.3) is 0 Å². The molecule has 0 fully saturated rings. The number of nitrogens with zero attached hydrogens (tertiary/aromatic N) is 3. The molecule has 6 nitrogen and oxygen atoms in total. The molecule has 0 bridgehead atoms. The maximum absolute atomic E-state index is 13.0. The van der Waals surface area contributed by atoms with Gasteiger partial charge in [-0.25, -0.2) is 0 Å². The summed E-state index contributed by atoms with van der Waals surface area (Å²) < 4.78 is 2.02. The SMILES string of the molecule is CCn1nc(C)c(CCN=C(NC(=O)c2ccccc2C)Nc2cc(C)ccc2C)c1C. The van der Waals surface area contributed by atoms with Gasteiger partial charge in [-0.1, -0.05) is 30.3 Å². The Morgan fingerprint density at radius 3 is 2.47 bits per heavy atom. The topological polar surface area (TPSA) is 71.3 Å². The van der Waals surface area contributed by atoms with Gasteiger partial charge in [0.1, 0.15) is 0 Å². The smallest absolute Gasteiger partial charge is 0.258 e. The van der Waals surface area contributed by atoms with E-state index in [-0.39, 0.29) is 5.91 Å². The molecule has 0 aliphatic carbocycles. The van der Waals surface area contributed by atoms with Crippen molar-refractivity contribution < 1.29 is 4.79 Å². The van der Waals surface area contributed by atoms with Crippen molar-refractivity contribution in [2.45, 2.75) is 54.5 Å². The van der Waals surface area contributed by atoms with Crippen molar-refractivity contribution in [3.05, 3.63) is 81.7 Å². The van der Waals surface area contributed by atoms with E-state index in [4.69, 9.17) is 4.99 Å². The van der Waals surface area contributed by atoms with Gasteiger partial charge in [0, 0.05) is 30.0 Å². The van der Waals surface area contributed by atoms with Crippen LogP contribution in [0.5, 0.6) is 0 Å². The van der Waals surface area contributed by atoms with Crippen LogP contribution in [-0.4, -0.2) is 28.2 Å². The van der Waals surface area contributed by atoms with Gasteiger partial charge >= 0.3 is 0 Å². The van der Waals surface area contributed by atoms with Gasteiger partial charge in [0.2, 0.25) is 5.96 Å². The van der Waals surface area contributed by atoms with Crippen LogP contribution >= 0.6 is 0 Å². The molecule has 1 aromatic heterocycles. The standard InChI is InChI=1S/C26H33N5O/c1-7-31-21(6)23(20(5)30-31)14-15-27-26(28-24-16-17(2)12-13-19(24)4)29-25(32)22-11-9-8-10-18(22)3/h8-13,16H,7,14-15H2,1-6H3,(H2,27,28,29,32). The number of amides is 1. The van der Waals surface area contributed by atoms with Crippen LogP contribution in [0.15, 0.2) is 47.5 Å². The van der Waals surface area contributed by atoms with Crippen LogP contribution in [0.4, 0.5) is 5.69 Å². The van der Waals surface area contributed by atoms with Crippen LogP contribution in [0.2, 0.25) is 0 Å². The molecular weight excluding hydrogens is 398 g/mol. The second-order valence-corrected chi connectivity index (χ2v) is 8.16. The molecule has 1 amide bonds. The predicted molar refractivity (Wildman–Crippen MR) is 132 cm³/mol. The minimum absolute atomic E-state index is 0.175. The Kier molecular flexibility index (Phi) is 7.46. The Hall–Kier alpha value is -3.41. The quantitative estimate of drug-likeness (QED) is 0.431. The molecule has 0 radical (unpaired) electrons. The first-order valence-corrected chi connectivity index (χ1v) is 11.1. The number of rotatable bonds is 6. The fourth-order valence-corrected chi connectivity index (χ4v) is 3.79. The molecule has 6 heteroatoms. The highest BCUT2D eigenvalue weighted by molar-refractivity contribution is 6.10. The Bertz CT molecular complexity index is 1140. The molecule has 168 valence electrons. The number of aliphatic imine (C=N–C) groups is 1. The molecule has 0 spiro atoms. The number of benzene rings is 2. The average Bonchev–Trinajstić information content (AvgIpc) is 3.04. The second-order valence-electron chi connectivity index (χ2n) is 8.16. The van der Waals surface area contributed by atoms with Crippen molar-refractivity contribution in [1.29, 1.82) is 0 Å². The lowest BCUT2D eigenvalue weighted by Crippen LogP contribution is -2.36. The van der Waals surface area contributed by atoms with Gasteiger partial charge in [-0.2, -0.15) is 5.10 Å². The molecule has 1 heterocycles. The lowest BCUT2D eigenvalue weighted by Gasteiger charge is -2.15. The number of aryl methyl sites for hydroxylation is 5. The maximum atomic E-state index is 13.0. The Balaban J connectivity index is 1.84. The van der Waals surface area contributed by atoms with E-state index in [1.54, 1.807) is 0 Å². The van der Waals surface area contributed by atoms with Crippen LogP contribution in [0.1, 0.15) is 50.9 Å². The van der Waals surface area contributed by atoms with Crippen LogP contribution in [-0.2, 0) is 13.0 Å². The van der Waals surface area contributed by atoms with E-state index < -0.39 is 0 Å². The van der Waals surface area contributed by atoms with Crippen LogP contribution in [0.3, 0.4) is 0 Å². The third-order valence-electron chi connectivity index (χ3n) is 5.73. The summed E-state index contributed by atoms with van der Waals surface area (Å²) in [6, 6.07) is 13.7. The van der Waals surface area contributed by atoms with Crippen molar-refractivity contribution in [2.75, 3.05) is 11.9 Å². The molecule has 2 aromatic carbocycles. The first-order chi connectivity index (χ1) is 15.3. The first-order valence-electron chi connectivity index (χ1n) is 11.1. The molecule has 3 aromatic rings. The highest BCUT2D eigenvalue weighted by Gasteiger charge is 2.14. The number of carbonyl (C=O) groups is 1. The summed E-state index contributed by atoms with van der Waals surface area (Å²) in [6.45, 7) is 13.6. The Labute approximate surface area is 190 Å². The number of guanidine groups is 1. The molecule has 0 saturated heterocycles. The van der Waals surface area contributed by atoms with E-state index in [9.17, 15) is 4.79 Å². The van der Waals surface area contributed by atoms with Crippen LogP contribution in [0, 0.1) is 34.6 Å². The number of anilines is 1. The lowest BCUT2D eigenvalue weighted by molar-refractivity contribution is 0.0976. The zero-order chi connectivity index (χ0) is 23.3. The fraction of sp³-hybridized carbons (Fsp3) is 0.346. The highest BCUT2D eigenvalue weighted by Crippen LogP contribution is 2.17. The third kappa shape index (κ3) is 5.44. The normalized spacial score (nSPS) is 11.5.